The van der Waals surface area contributed by atoms with Crippen molar-refractivity contribution in [3.63, 3.8) is 0 Å². The Kier molecular flexibility index (Phi) is 5.03. The van der Waals surface area contributed by atoms with Gasteiger partial charge in [0.25, 0.3) is 0 Å². The summed E-state index contributed by atoms with van der Waals surface area (Å²) in [4.78, 5) is 0. The Labute approximate surface area is 138 Å². The molecule has 0 spiro atoms. The molecule has 120 valence electrons. The fourth-order valence-electron chi connectivity index (χ4n) is 3.10. The van der Waals surface area contributed by atoms with Crippen molar-refractivity contribution in [1.82, 2.24) is 0 Å². The maximum atomic E-state index is 6.04. The third kappa shape index (κ3) is 5.19. The van der Waals surface area contributed by atoms with Crippen LogP contribution in [0.25, 0.3) is 11.3 Å². The summed E-state index contributed by atoms with van der Waals surface area (Å²) in [5.41, 5.74) is 1.55. The molecule has 0 radical (unpaired) electrons. The zero-order valence-corrected chi connectivity index (χ0v) is 15.0. The van der Waals surface area contributed by atoms with E-state index in [1.54, 1.807) is 0 Å². The molecule has 2 nitrogen and oxygen atoms in total. The minimum Gasteiger partial charge on any atom is -0.455 e. The maximum Gasteiger partial charge on any atom is 0.158 e. The zero-order chi connectivity index (χ0) is 16.4. The minimum absolute atomic E-state index is 0.196. The zero-order valence-electron chi connectivity index (χ0n) is 14.2. The molecule has 0 aliphatic carbocycles. The number of benzene rings is 1. The third-order valence-corrected chi connectivity index (χ3v) is 3.85. The van der Waals surface area contributed by atoms with Crippen LogP contribution in [0.15, 0.2) is 40.8 Å². The molecule has 1 heterocycles. The fourth-order valence-corrected chi connectivity index (χ4v) is 3.29. The van der Waals surface area contributed by atoms with Crippen LogP contribution < -0.4 is 5.32 Å². The van der Waals surface area contributed by atoms with Crippen LogP contribution in [0.3, 0.4) is 0 Å². The summed E-state index contributed by atoms with van der Waals surface area (Å²) in [7, 11) is 0. The van der Waals surface area contributed by atoms with Crippen LogP contribution in [0.4, 0.5) is 0 Å². The molecule has 1 aromatic heterocycles. The van der Waals surface area contributed by atoms with Gasteiger partial charge in [-0.2, -0.15) is 0 Å². The first-order chi connectivity index (χ1) is 10.1. The van der Waals surface area contributed by atoms with Gasteiger partial charge in [-0.1, -0.05) is 44.5 Å². The van der Waals surface area contributed by atoms with E-state index in [-0.39, 0.29) is 5.54 Å². The smallest absolute Gasteiger partial charge is 0.158 e. The van der Waals surface area contributed by atoms with E-state index < -0.39 is 0 Å². The normalized spacial score (nSPS) is 12.6. The molecule has 22 heavy (non-hydrogen) atoms. The van der Waals surface area contributed by atoms with Gasteiger partial charge in [0, 0.05) is 17.0 Å². The Morgan fingerprint density at radius 2 is 1.77 bits per heavy atom. The Bertz CT molecular complexity index is 622. The van der Waals surface area contributed by atoms with Crippen LogP contribution in [-0.2, 0) is 6.54 Å². The van der Waals surface area contributed by atoms with Crippen LogP contribution in [0.1, 0.15) is 46.8 Å². The monoisotopic (exact) mass is 320 g/mol. The van der Waals surface area contributed by atoms with Gasteiger partial charge < -0.3 is 9.73 Å². The summed E-state index contributed by atoms with van der Waals surface area (Å²) in [5.74, 6) is 1.87. The lowest BCUT2D eigenvalue weighted by Gasteiger charge is -2.30. The van der Waals surface area contributed by atoms with Crippen molar-refractivity contribution in [1.29, 1.82) is 0 Å². The average molecular weight is 321 g/mol. The van der Waals surface area contributed by atoms with Gasteiger partial charge in [0.15, 0.2) is 5.76 Å². The molecule has 1 aromatic carbocycles. The van der Waals surface area contributed by atoms with Gasteiger partial charge >= 0.3 is 0 Å². The summed E-state index contributed by atoms with van der Waals surface area (Å²) >= 11 is 6.04. The SMILES string of the molecule is CC(C)(C)CC(C)(C)[NH2+]Cc1ccc(-c2cccc(Cl)c2)o1. The standard InChI is InChI=1S/C19H26ClNO/c1-18(2,3)13-19(4,5)21-12-16-9-10-17(22-16)14-7-6-8-15(20)11-14/h6-11,21H,12-13H2,1-5H3/p+1. The molecule has 0 fully saturated rings. The summed E-state index contributed by atoms with van der Waals surface area (Å²) in [6.07, 6.45) is 1.15. The van der Waals surface area contributed by atoms with Gasteiger partial charge in [-0.3, -0.25) is 0 Å². The summed E-state index contributed by atoms with van der Waals surface area (Å²) in [5, 5.41) is 3.09. The quantitative estimate of drug-likeness (QED) is 0.836. The topological polar surface area (TPSA) is 29.8 Å². The Balaban J connectivity index is 2.01. The van der Waals surface area contributed by atoms with Crippen molar-refractivity contribution < 1.29 is 9.73 Å². The molecule has 2 aromatic rings. The first kappa shape index (κ1) is 17.1. The molecule has 0 atom stereocenters. The highest BCUT2D eigenvalue weighted by molar-refractivity contribution is 6.30. The van der Waals surface area contributed by atoms with Crippen molar-refractivity contribution in [2.24, 2.45) is 5.41 Å². The number of hydrogen-bond donors (Lipinski definition) is 1. The minimum atomic E-state index is 0.196. The van der Waals surface area contributed by atoms with Crippen molar-refractivity contribution in [2.75, 3.05) is 0 Å². The number of halogens is 1. The first-order valence-electron chi connectivity index (χ1n) is 7.84. The lowest BCUT2D eigenvalue weighted by Crippen LogP contribution is -2.94. The number of rotatable bonds is 5. The molecule has 0 amide bonds. The lowest BCUT2D eigenvalue weighted by molar-refractivity contribution is -0.738. The van der Waals surface area contributed by atoms with E-state index in [0.29, 0.717) is 5.41 Å². The highest BCUT2D eigenvalue weighted by Gasteiger charge is 2.28. The van der Waals surface area contributed by atoms with Crippen molar-refractivity contribution in [3.8, 4) is 11.3 Å². The largest absolute Gasteiger partial charge is 0.455 e. The lowest BCUT2D eigenvalue weighted by atomic mass is 9.82. The van der Waals surface area contributed by atoms with Crippen LogP contribution in [0.2, 0.25) is 5.02 Å². The van der Waals surface area contributed by atoms with Gasteiger partial charge in [0.2, 0.25) is 0 Å². The van der Waals surface area contributed by atoms with Crippen molar-refractivity contribution in [3.05, 3.63) is 47.2 Å². The van der Waals surface area contributed by atoms with Gasteiger partial charge in [0.1, 0.15) is 12.3 Å². The van der Waals surface area contributed by atoms with E-state index in [1.165, 1.54) is 0 Å². The molecular formula is C19H27ClNO+. The average Bonchev–Trinajstić information content (AvgIpc) is 2.82. The molecule has 2 N–H and O–H groups in total. The molecular weight excluding hydrogens is 294 g/mol. The maximum absolute atomic E-state index is 6.04. The van der Waals surface area contributed by atoms with Gasteiger partial charge in [0.05, 0.1) is 5.54 Å². The summed E-state index contributed by atoms with van der Waals surface area (Å²) in [6.45, 7) is 12.3. The molecule has 0 bridgehead atoms. The van der Waals surface area contributed by atoms with E-state index in [4.69, 9.17) is 16.0 Å². The van der Waals surface area contributed by atoms with E-state index in [9.17, 15) is 0 Å². The molecule has 0 saturated heterocycles. The second-order valence-electron chi connectivity index (χ2n) is 7.91. The van der Waals surface area contributed by atoms with Gasteiger partial charge in [-0.15, -0.1) is 0 Å². The summed E-state index contributed by atoms with van der Waals surface area (Å²) < 4.78 is 5.96. The summed E-state index contributed by atoms with van der Waals surface area (Å²) in [6, 6.07) is 11.8. The number of nitrogens with two attached hydrogens (primary N) is 1. The van der Waals surface area contributed by atoms with E-state index >= 15 is 0 Å². The molecule has 2 rings (SSSR count). The van der Waals surface area contributed by atoms with Crippen molar-refractivity contribution in [2.45, 2.75) is 53.1 Å². The van der Waals surface area contributed by atoms with E-state index in [1.807, 2.05) is 30.3 Å². The predicted molar refractivity (Wildman–Crippen MR) is 92.9 cm³/mol. The second kappa shape index (κ2) is 6.47. The third-order valence-electron chi connectivity index (χ3n) is 3.61. The highest BCUT2D eigenvalue weighted by atomic mass is 35.5. The predicted octanol–water partition coefficient (Wildman–Crippen LogP) is 4.88. The Morgan fingerprint density at radius 1 is 1.05 bits per heavy atom. The number of quaternary nitrogens is 1. The molecule has 0 unspecified atom stereocenters. The Hall–Kier alpha value is -1.25. The van der Waals surface area contributed by atoms with Crippen LogP contribution >= 0.6 is 11.6 Å². The first-order valence-corrected chi connectivity index (χ1v) is 8.21. The highest BCUT2D eigenvalue weighted by Crippen LogP contribution is 2.26. The van der Waals surface area contributed by atoms with Crippen LogP contribution in [-0.4, -0.2) is 5.54 Å². The van der Waals surface area contributed by atoms with Crippen LogP contribution in [0, 0.1) is 5.41 Å². The molecule has 0 saturated carbocycles. The Morgan fingerprint density at radius 3 is 2.41 bits per heavy atom. The molecule has 0 aliphatic heterocycles. The van der Waals surface area contributed by atoms with E-state index in [0.717, 1.165) is 35.1 Å². The fraction of sp³-hybridized carbons (Fsp3) is 0.474. The molecule has 3 heteroatoms. The van der Waals surface area contributed by atoms with Gasteiger partial charge in [-0.25, -0.2) is 0 Å². The number of hydrogen-bond acceptors (Lipinski definition) is 1. The number of furan rings is 1. The second-order valence-corrected chi connectivity index (χ2v) is 8.35. The molecule has 0 aliphatic rings. The van der Waals surface area contributed by atoms with Gasteiger partial charge in [-0.05, 0) is 43.5 Å². The van der Waals surface area contributed by atoms with Crippen molar-refractivity contribution >= 4 is 11.6 Å². The van der Waals surface area contributed by atoms with Crippen LogP contribution in [0.5, 0.6) is 0 Å². The van der Waals surface area contributed by atoms with E-state index in [2.05, 4.69) is 46.0 Å².